The maximum absolute atomic E-state index is 12.9. The van der Waals surface area contributed by atoms with Crippen molar-refractivity contribution in [3.63, 3.8) is 0 Å². The van der Waals surface area contributed by atoms with Crippen molar-refractivity contribution in [2.45, 2.75) is 46.2 Å². The van der Waals surface area contributed by atoms with Crippen LogP contribution in [0.25, 0.3) is 10.9 Å². The molecule has 1 fully saturated rings. The molecular formula is C22H32N4O2. The molecule has 1 aliphatic rings. The first kappa shape index (κ1) is 20.4. The minimum Gasteiger partial charge on any atom is -0.357 e. The Morgan fingerprint density at radius 1 is 1.32 bits per heavy atom. The van der Waals surface area contributed by atoms with Crippen molar-refractivity contribution in [1.29, 1.82) is 0 Å². The summed E-state index contributed by atoms with van der Waals surface area (Å²) in [6.45, 7) is 9.27. The fourth-order valence-corrected chi connectivity index (χ4v) is 3.82. The van der Waals surface area contributed by atoms with Crippen molar-refractivity contribution in [2.24, 2.45) is 5.92 Å². The molecule has 2 heterocycles. The monoisotopic (exact) mass is 384 g/mol. The van der Waals surface area contributed by atoms with Crippen LogP contribution in [0.2, 0.25) is 0 Å². The number of nitrogens with one attached hydrogen (secondary N) is 2. The first-order valence-electron chi connectivity index (χ1n) is 10.2. The summed E-state index contributed by atoms with van der Waals surface area (Å²) in [6, 6.07) is 7.80. The van der Waals surface area contributed by atoms with Gasteiger partial charge in [-0.15, -0.1) is 0 Å². The van der Waals surface area contributed by atoms with Crippen LogP contribution in [0.15, 0.2) is 24.3 Å². The zero-order valence-corrected chi connectivity index (χ0v) is 17.4. The highest BCUT2D eigenvalue weighted by Crippen LogP contribution is 2.22. The zero-order valence-electron chi connectivity index (χ0n) is 17.4. The van der Waals surface area contributed by atoms with Crippen molar-refractivity contribution in [1.82, 2.24) is 20.1 Å². The van der Waals surface area contributed by atoms with E-state index in [0.717, 1.165) is 30.7 Å². The molecule has 1 unspecified atom stereocenters. The van der Waals surface area contributed by atoms with Crippen LogP contribution in [0.3, 0.4) is 0 Å². The summed E-state index contributed by atoms with van der Waals surface area (Å²) >= 11 is 0. The van der Waals surface area contributed by atoms with Crippen LogP contribution in [0, 0.1) is 12.8 Å². The number of aryl methyl sites for hydroxylation is 1. The molecule has 1 aliphatic heterocycles. The third-order valence-corrected chi connectivity index (χ3v) is 5.69. The lowest BCUT2D eigenvalue weighted by atomic mass is 10.0. The van der Waals surface area contributed by atoms with Crippen LogP contribution in [-0.2, 0) is 16.1 Å². The number of carbonyl (C=O) groups is 2. The predicted molar refractivity (Wildman–Crippen MR) is 112 cm³/mol. The molecule has 1 aromatic carbocycles. The number of rotatable bonds is 7. The number of hydrogen-bond acceptors (Lipinski definition) is 3. The quantitative estimate of drug-likeness (QED) is 0.771. The lowest BCUT2D eigenvalue weighted by Gasteiger charge is -2.35. The number of hydrogen-bond donors (Lipinski definition) is 2. The topological polar surface area (TPSA) is 68.4 Å². The van der Waals surface area contributed by atoms with Crippen molar-refractivity contribution in [3.8, 4) is 0 Å². The van der Waals surface area contributed by atoms with E-state index in [9.17, 15) is 9.59 Å². The summed E-state index contributed by atoms with van der Waals surface area (Å²) in [5.74, 6) is 0.544. The molecule has 0 bridgehead atoms. The van der Waals surface area contributed by atoms with Gasteiger partial charge in [0.25, 0.3) is 0 Å². The van der Waals surface area contributed by atoms with Crippen LogP contribution in [0.5, 0.6) is 0 Å². The Bertz CT molecular complexity index is 842. The third-order valence-electron chi connectivity index (χ3n) is 5.69. The van der Waals surface area contributed by atoms with Gasteiger partial charge in [0.2, 0.25) is 11.8 Å². The van der Waals surface area contributed by atoms with E-state index in [1.807, 2.05) is 25.2 Å². The summed E-state index contributed by atoms with van der Waals surface area (Å²) < 4.78 is 0. The molecule has 152 valence electrons. The van der Waals surface area contributed by atoms with E-state index in [-0.39, 0.29) is 24.3 Å². The van der Waals surface area contributed by atoms with Gasteiger partial charge in [-0.1, -0.05) is 32.0 Å². The van der Waals surface area contributed by atoms with Gasteiger partial charge >= 0.3 is 0 Å². The molecule has 2 amide bonds. The number of aromatic nitrogens is 1. The van der Waals surface area contributed by atoms with Gasteiger partial charge in [-0.2, -0.15) is 0 Å². The Morgan fingerprint density at radius 2 is 2.07 bits per heavy atom. The maximum atomic E-state index is 12.9. The van der Waals surface area contributed by atoms with Gasteiger partial charge in [0.05, 0.1) is 19.0 Å². The molecular weight excluding hydrogens is 352 g/mol. The Hall–Kier alpha value is -2.34. The Morgan fingerprint density at radius 3 is 2.79 bits per heavy atom. The number of carbonyl (C=O) groups excluding carboxylic acids is 2. The lowest BCUT2D eigenvalue weighted by molar-refractivity contribution is -0.138. The molecule has 2 N–H and O–H groups in total. The molecule has 6 nitrogen and oxygen atoms in total. The van der Waals surface area contributed by atoms with Gasteiger partial charge in [0.1, 0.15) is 0 Å². The smallest absolute Gasteiger partial charge is 0.237 e. The number of nitrogens with zero attached hydrogens (tertiary/aromatic N) is 2. The molecule has 6 heteroatoms. The highest BCUT2D eigenvalue weighted by atomic mass is 16.2. The van der Waals surface area contributed by atoms with Gasteiger partial charge in [0.15, 0.2) is 0 Å². The summed E-state index contributed by atoms with van der Waals surface area (Å²) in [7, 11) is 1.81. The number of piperazine rings is 1. The molecule has 3 rings (SSSR count). The fraction of sp³-hybridized carbons (Fsp3) is 0.545. The molecule has 0 radical (unpaired) electrons. The Balaban J connectivity index is 1.66. The van der Waals surface area contributed by atoms with Gasteiger partial charge in [-0.05, 0) is 37.4 Å². The van der Waals surface area contributed by atoms with Crippen molar-refractivity contribution < 1.29 is 9.59 Å². The van der Waals surface area contributed by atoms with E-state index in [1.165, 1.54) is 10.9 Å². The first-order chi connectivity index (χ1) is 13.4. The van der Waals surface area contributed by atoms with E-state index >= 15 is 0 Å². The summed E-state index contributed by atoms with van der Waals surface area (Å²) in [6.07, 6.45) is 1.25. The van der Waals surface area contributed by atoms with Crippen LogP contribution >= 0.6 is 0 Å². The van der Waals surface area contributed by atoms with E-state index in [2.05, 4.69) is 42.0 Å². The molecule has 28 heavy (non-hydrogen) atoms. The van der Waals surface area contributed by atoms with E-state index < -0.39 is 0 Å². The number of H-pyrrole nitrogens is 1. The normalized spacial score (nSPS) is 17.9. The molecule has 1 aromatic heterocycles. The van der Waals surface area contributed by atoms with Gasteiger partial charge in [-0.3, -0.25) is 14.5 Å². The van der Waals surface area contributed by atoms with Gasteiger partial charge in [0, 0.05) is 36.7 Å². The fourth-order valence-electron chi connectivity index (χ4n) is 3.82. The minimum atomic E-state index is -0.369. The lowest BCUT2D eigenvalue weighted by Crippen LogP contribution is -2.56. The molecule has 2 aromatic rings. The maximum Gasteiger partial charge on any atom is 0.237 e. The Labute approximate surface area is 167 Å². The van der Waals surface area contributed by atoms with Gasteiger partial charge in [-0.25, -0.2) is 0 Å². The number of amides is 2. The highest BCUT2D eigenvalue weighted by Gasteiger charge is 2.32. The van der Waals surface area contributed by atoms with E-state index in [0.29, 0.717) is 19.0 Å². The summed E-state index contributed by atoms with van der Waals surface area (Å²) in [4.78, 5) is 32.6. The van der Waals surface area contributed by atoms with Crippen LogP contribution in [0.4, 0.5) is 0 Å². The van der Waals surface area contributed by atoms with Crippen LogP contribution in [0.1, 0.15) is 37.9 Å². The molecule has 1 atom stereocenters. The predicted octanol–water partition coefficient (Wildman–Crippen LogP) is 2.67. The SMILES string of the molecule is Cc1c(CN(C)C(=O)CC2C(=O)NCCN2CCC(C)C)[nH]c2ccccc12. The second kappa shape index (κ2) is 8.78. The first-order valence-corrected chi connectivity index (χ1v) is 10.2. The Kier molecular flexibility index (Phi) is 6.39. The zero-order chi connectivity index (χ0) is 20.3. The molecule has 1 saturated heterocycles. The third kappa shape index (κ3) is 4.55. The average Bonchev–Trinajstić information content (AvgIpc) is 2.98. The van der Waals surface area contributed by atoms with E-state index in [1.54, 1.807) is 4.90 Å². The van der Waals surface area contributed by atoms with Crippen molar-refractivity contribution in [2.75, 3.05) is 26.7 Å². The molecule has 0 saturated carbocycles. The molecule has 0 spiro atoms. The number of fused-ring (bicyclic) bond motifs is 1. The highest BCUT2D eigenvalue weighted by molar-refractivity contribution is 5.89. The number of benzene rings is 1. The van der Waals surface area contributed by atoms with Crippen molar-refractivity contribution in [3.05, 3.63) is 35.5 Å². The summed E-state index contributed by atoms with van der Waals surface area (Å²) in [5.41, 5.74) is 3.30. The minimum absolute atomic E-state index is 0.00495. The van der Waals surface area contributed by atoms with Gasteiger partial charge < -0.3 is 15.2 Å². The largest absolute Gasteiger partial charge is 0.357 e. The van der Waals surface area contributed by atoms with Crippen molar-refractivity contribution >= 4 is 22.7 Å². The van der Waals surface area contributed by atoms with E-state index in [4.69, 9.17) is 0 Å². The number of para-hydroxylation sites is 1. The molecule has 0 aliphatic carbocycles. The second-order valence-electron chi connectivity index (χ2n) is 8.25. The van der Waals surface area contributed by atoms with Crippen LogP contribution < -0.4 is 5.32 Å². The number of aromatic amines is 1. The summed E-state index contributed by atoms with van der Waals surface area (Å²) in [5, 5.41) is 4.10. The van der Waals surface area contributed by atoms with Crippen LogP contribution in [-0.4, -0.2) is 59.3 Å². The standard InChI is InChI=1S/C22H32N4O2/c1-15(2)9-11-26-12-10-23-22(28)20(26)13-21(27)25(4)14-19-16(3)17-7-5-6-8-18(17)24-19/h5-8,15,20,24H,9-14H2,1-4H3,(H,23,28). The second-order valence-corrected chi connectivity index (χ2v) is 8.25. The average molecular weight is 385 g/mol.